The Kier molecular flexibility index (Phi) is 13.6. The lowest BCUT2D eigenvalue weighted by molar-refractivity contribution is -0.115. The van der Waals surface area contributed by atoms with Crippen molar-refractivity contribution in [2.24, 2.45) is 0 Å². The van der Waals surface area contributed by atoms with Crippen LogP contribution in [0.25, 0.3) is 6.08 Å². The van der Waals surface area contributed by atoms with E-state index < -0.39 is 23.0 Å². The minimum atomic E-state index is -0.542. The zero-order valence-electron chi connectivity index (χ0n) is 32.0. The maximum absolute atomic E-state index is 13.7. The fraction of sp³-hybridized carbons (Fsp3) is 0.244. The van der Waals surface area contributed by atoms with E-state index in [4.69, 9.17) is 4.74 Å². The number of carbonyl (C=O) groups excluding carboxylic acids is 4. The molecule has 2 heterocycles. The summed E-state index contributed by atoms with van der Waals surface area (Å²) in [4.78, 5) is 57.9. The number of rotatable bonds is 14. The van der Waals surface area contributed by atoms with Gasteiger partial charge < -0.3 is 20.7 Å². The quantitative estimate of drug-likeness (QED) is 0.0584. The molecule has 9 nitrogen and oxygen atoms in total. The van der Waals surface area contributed by atoms with Gasteiger partial charge in [-0.2, -0.15) is 0 Å². The molecule has 1 aliphatic heterocycles. The molecule has 56 heavy (non-hydrogen) atoms. The van der Waals surface area contributed by atoms with Crippen molar-refractivity contribution in [3.05, 3.63) is 153 Å². The monoisotopic (exact) mass is 786 g/mol. The van der Waals surface area contributed by atoms with Crippen LogP contribution in [-0.4, -0.2) is 47.0 Å². The van der Waals surface area contributed by atoms with Crippen LogP contribution < -0.4 is 16.0 Å². The average molecular weight is 787 g/mol. The standard InChI is InChI=1S/C45H46N4O5S2/c1-5-54-45(53)40-37-23-24-49(27-32-13-8-6-9-14-32)28-39(37)56-44(40)48-41(50)30(4)55-36-18-12-17-35(26-36)46-43(52)38(47-42(51)34-15-10-7-11-16-34)25-31-19-21-33(22-20-31)29(2)3/h6-22,25-26,29-30H,5,23-24,27-28H2,1-4H3,(H,46,52)(H,47,51)(H,48,50)/b38-25+. The van der Waals surface area contributed by atoms with Gasteiger partial charge >= 0.3 is 5.97 Å². The number of benzene rings is 4. The molecule has 0 saturated heterocycles. The largest absolute Gasteiger partial charge is 0.462 e. The molecule has 0 fully saturated rings. The molecule has 0 aliphatic carbocycles. The molecule has 1 unspecified atom stereocenters. The SMILES string of the molecule is CCOC(=O)c1c(NC(=O)C(C)Sc2cccc(NC(=O)/C(=C\c3ccc(C(C)C)cc3)NC(=O)c3ccccc3)c2)sc2c1CCN(Cc1ccccc1)C2. The van der Waals surface area contributed by atoms with Gasteiger partial charge in [0, 0.05) is 40.7 Å². The smallest absolute Gasteiger partial charge is 0.341 e. The second-order valence-electron chi connectivity index (χ2n) is 13.8. The number of esters is 1. The number of hydrogen-bond donors (Lipinski definition) is 3. The van der Waals surface area contributed by atoms with E-state index >= 15 is 0 Å². The highest BCUT2D eigenvalue weighted by Crippen LogP contribution is 2.39. The molecule has 6 rings (SSSR count). The van der Waals surface area contributed by atoms with Crippen LogP contribution in [0.3, 0.4) is 0 Å². The first-order valence-electron chi connectivity index (χ1n) is 18.7. The number of thioether (sulfide) groups is 1. The Morgan fingerprint density at radius 3 is 2.29 bits per heavy atom. The second kappa shape index (κ2) is 18.9. The third kappa shape index (κ3) is 10.4. The average Bonchev–Trinajstić information content (AvgIpc) is 3.55. The lowest BCUT2D eigenvalue weighted by Crippen LogP contribution is -2.30. The lowest BCUT2D eigenvalue weighted by atomic mass is 10.0. The van der Waals surface area contributed by atoms with Crippen LogP contribution in [0.4, 0.5) is 10.7 Å². The Hall–Kier alpha value is -5.49. The molecule has 1 atom stereocenters. The minimum absolute atomic E-state index is 0.0844. The summed E-state index contributed by atoms with van der Waals surface area (Å²) in [6.45, 7) is 10.3. The van der Waals surface area contributed by atoms with E-state index in [1.165, 1.54) is 34.2 Å². The molecule has 288 valence electrons. The summed E-state index contributed by atoms with van der Waals surface area (Å²) in [5.41, 5.74) is 5.55. The third-order valence-corrected chi connectivity index (χ3v) is 11.5. The van der Waals surface area contributed by atoms with E-state index in [0.717, 1.165) is 34.0 Å². The molecule has 5 aromatic rings. The molecule has 3 N–H and O–H groups in total. The number of nitrogens with zero attached hydrogens (tertiary/aromatic N) is 1. The van der Waals surface area contributed by atoms with Gasteiger partial charge in [-0.3, -0.25) is 19.3 Å². The highest BCUT2D eigenvalue weighted by Gasteiger charge is 2.30. The van der Waals surface area contributed by atoms with Gasteiger partial charge in [-0.1, -0.05) is 92.7 Å². The number of hydrogen-bond acceptors (Lipinski definition) is 8. The molecular weight excluding hydrogens is 741 g/mol. The number of thiophene rings is 1. The van der Waals surface area contributed by atoms with Gasteiger partial charge in [-0.15, -0.1) is 23.1 Å². The van der Waals surface area contributed by atoms with Crippen molar-refractivity contribution < 1.29 is 23.9 Å². The number of carbonyl (C=O) groups is 4. The molecule has 0 bridgehead atoms. The zero-order valence-corrected chi connectivity index (χ0v) is 33.6. The third-order valence-electron chi connectivity index (χ3n) is 9.32. The van der Waals surface area contributed by atoms with Crippen molar-refractivity contribution >= 4 is 63.6 Å². The molecule has 0 saturated carbocycles. The Balaban J connectivity index is 1.15. The van der Waals surface area contributed by atoms with Crippen LogP contribution in [0.1, 0.15) is 81.5 Å². The topological polar surface area (TPSA) is 117 Å². The summed E-state index contributed by atoms with van der Waals surface area (Å²) in [7, 11) is 0. The summed E-state index contributed by atoms with van der Waals surface area (Å²) < 4.78 is 5.44. The van der Waals surface area contributed by atoms with Crippen molar-refractivity contribution in [3.63, 3.8) is 0 Å². The number of ether oxygens (including phenoxy) is 1. The van der Waals surface area contributed by atoms with Crippen molar-refractivity contribution in [2.45, 2.75) is 63.3 Å². The number of nitrogens with one attached hydrogen (secondary N) is 3. The molecule has 0 spiro atoms. The normalized spacial score (nSPS) is 13.4. The summed E-state index contributed by atoms with van der Waals surface area (Å²) in [5, 5.41) is 8.71. The van der Waals surface area contributed by atoms with E-state index in [2.05, 4.69) is 46.8 Å². The first-order chi connectivity index (χ1) is 27.1. The Morgan fingerprint density at radius 2 is 1.59 bits per heavy atom. The van der Waals surface area contributed by atoms with Crippen molar-refractivity contribution in [3.8, 4) is 0 Å². The lowest BCUT2D eigenvalue weighted by Gasteiger charge is -2.27. The number of anilines is 2. The summed E-state index contributed by atoms with van der Waals surface area (Å²) in [5.74, 6) is -1.23. The number of fused-ring (bicyclic) bond motifs is 1. The van der Waals surface area contributed by atoms with E-state index in [1.54, 1.807) is 62.4 Å². The Bertz CT molecular complexity index is 2200. The van der Waals surface area contributed by atoms with Gasteiger partial charge in [0.25, 0.3) is 11.8 Å². The highest BCUT2D eigenvalue weighted by atomic mass is 32.2. The second-order valence-corrected chi connectivity index (χ2v) is 16.3. The van der Waals surface area contributed by atoms with Gasteiger partial charge in [0.15, 0.2) is 0 Å². The Labute approximate surface area is 336 Å². The Morgan fingerprint density at radius 1 is 0.875 bits per heavy atom. The molecule has 3 amide bonds. The minimum Gasteiger partial charge on any atom is -0.462 e. The summed E-state index contributed by atoms with van der Waals surface area (Å²) >= 11 is 2.76. The predicted octanol–water partition coefficient (Wildman–Crippen LogP) is 9.14. The summed E-state index contributed by atoms with van der Waals surface area (Å²) in [6, 6.07) is 34.1. The van der Waals surface area contributed by atoms with E-state index in [0.29, 0.717) is 40.7 Å². The van der Waals surface area contributed by atoms with E-state index in [9.17, 15) is 19.2 Å². The van der Waals surface area contributed by atoms with E-state index in [1.807, 2.05) is 54.6 Å². The van der Waals surface area contributed by atoms with Gasteiger partial charge in [0.2, 0.25) is 5.91 Å². The molecular formula is C45H46N4O5S2. The maximum atomic E-state index is 13.7. The fourth-order valence-corrected chi connectivity index (χ4v) is 8.55. The van der Waals surface area contributed by atoms with Crippen LogP contribution in [-0.2, 0) is 33.8 Å². The van der Waals surface area contributed by atoms with Gasteiger partial charge in [-0.25, -0.2) is 4.79 Å². The van der Waals surface area contributed by atoms with Crippen molar-refractivity contribution in [1.82, 2.24) is 10.2 Å². The van der Waals surface area contributed by atoms with Crippen molar-refractivity contribution in [2.75, 3.05) is 23.8 Å². The molecule has 4 aromatic carbocycles. The van der Waals surface area contributed by atoms with Crippen LogP contribution in [0.15, 0.2) is 120 Å². The van der Waals surface area contributed by atoms with Crippen LogP contribution >= 0.6 is 23.1 Å². The van der Waals surface area contributed by atoms with Crippen LogP contribution in [0.2, 0.25) is 0 Å². The van der Waals surface area contributed by atoms with Crippen LogP contribution in [0.5, 0.6) is 0 Å². The highest BCUT2D eigenvalue weighted by molar-refractivity contribution is 8.00. The van der Waals surface area contributed by atoms with Crippen LogP contribution in [0, 0.1) is 0 Å². The maximum Gasteiger partial charge on any atom is 0.341 e. The van der Waals surface area contributed by atoms with Crippen molar-refractivity contribution in [1.29, 1.82) is 0 Å². The zero-order chi connectivity index (χ0) is 39.6. The fourth-order valence-electron chi connectivity index (χ4n) is 6.34. The van der Waals surface area contributed by atoms with Gasteiger partial charge in [-0.05, 0) is 84.8 Å². The summed E-state index contributed by atoms with van der Waals surface area (Å²) in [6.07, 6.45) is 2.34. The van der Waals surface area contributed by atoms with Gasteiger partial charge in [0.05, 0.1) is 17.4 Å². The molecule has 11 heteroatoms. The molecule has 1 aromatic heterocycles. The number of amides is 3. The van der Waals surface area contributed by atoms with Gasteiger partial charge in [0.1, 0.15) is 10.7 Å². The first kappa shape index (κ1) is 40.2. The molecule has 0 radical (unpaired) electrons. The molecule has 1 aliphatic rings. The van der Waals surface area contributed by atoms with E-state index in [-0.39, 0.29) is 18.2 Å². The first-order valence-corrected chi connectivity index (χ1v) is 20.4. The predicted molar refractivity (Wildman–Crippen MR) is 226 cm³/mol.